The molecule has 0 radical (unpaired) electrons. The zero-order valence-electron chi connectivity index (χ0n) is 11.3. The molecule has 1 aromatic heterocycles. The quantitative estimate of drug-likeness (QED) is 0.839. The standard InChI is InChI=1S/C15H24N2O/c1-2-16-10-14-8-9-15(11-17-14)18-12-13-6-4-3-5-7-13/h8-9,11,13,16H,2-7,10,12H2,1H3. The minimum absolute atomic E-state index is 0.750. The molecule has 0 saturated heterocycles. The van der Waals surface area contributed by atoms with Crippen LogP contribution in [0.3, 0.4) is 0 Å². The van der Waals surface area contributed by atoms with Gasteiger partial charge in [-0.3, -0.25) is 4.98 Å². The summed E-state index contributed by atoms with van der Waals surface area (Å²) in [6, 6.07) is 4.07. The van der Waals surface area contributed by atoms with E-state index < -0.39 is 0 Å². The van der Waals surface area contributed by atoms with Gasteiger partial charge in [0, 0.05) is 6.54 Å². The Morgan fingerprint density at radius 3 is 2.78 bits per heavy atom. The Hall–Kier alpha value is -1.09. The van der Waals surface area contributed by atoms with Gasteiger partial charge in [0.05, 0.1) is 18.5 Å². The van der Waals surface area contributed by atoms with Crippen molar-refractivity contribution in [2.45, 2.75) is 45.6 Å². The summed E-state index contributed by atoms with van der Waals surface area (Å²) in [5.74, 6) is 1.65. The molecule has 3 nitrogen and oxygen atoms in total. The van der Waals surface area contributed by atoms with E-state index in [0.29, 0.717) is 0 Å². The van der Waals surface area contributed by atoms with Gasteiger partial charge in [-0.05, 0) is 37.4 Å². The average Bonchev–Trinajstić information content (AvgIpc) is 2.45. The molecule has 1 heterocycles. The third-order valence-corrected chi connectivity index (χ3v) is 3.56. The summed E-state index contributed by atoms with van der Waals surface area (Å²) in [6.45, 7) is 4.76. The predicted octanol–water partition coefficient (Wildman–Crippen LogP) is 3.15. The molecule has 3 heteroatoms. The number of hydrogen-bond acceptors (Lipinski definition) is 3. The molecule has 0 amide bonds. The molecule has 0 aromatic carbocycles. The van der Waals surface area contributed by atoms with Gasteiger partial charge in [-0.1, -0.05) is 26.2 Å². The molecule has 0 bridgehead atoms. The Balaban J connectivity index is 1.75. The van der Waals surface area contributed by atoms with Gasteiger partial charge in [0.1, 0.15) is 5.75 Å². The highest BCUT2D eigenvalue weighted by Gasteiger charge is 2.13. The van der Waals surface area contributed by atoms with Gasteiger partial charge >= 0.3 is 0 Å². The van der Waals surface area contributed by atoms with Gasteiger partial charge in [-0.2, -0.15) is 0 Å². The number of nitrogens with zero attached hydrogens (tertiary/aromatic N) is 1. The summed E-state index contributed by atoms with van der Waals surface area (Å²) in [5.41, 5.74) is 1.07. The van der Waals surface area contributed by atoms with Gasteiger partial charge in [0.25, 0.3) is 0 Å². The highest BCUT2D eigenvalue weighted by atomic mass is 16.5. The van der Waals surface area contributed by atoms with Gasteiger partial charge in [0.2, 0.25) is 0 Å². The number of rotatable bonds is 6. The van der Waals surface area contributed by atoms with Crippen LogP contribution in [0, 0.1) is 5.92 Å². The van der Waals surface area contributed by atoms with E-state index in [0.717, 1.165) is 37.1 Å². The van der Waals surface area contributed by atoms with Gasteiger partial charge in [-0.25, -0.2) is 0 Å². The molecule has 1 aromatic rings. The minimum atomic E-state index is 0.750. The van der Waals surface area contributed by atoms with E-state index in [9.17, 15) is 0 Å². The van der Waals surface area contributed by atoms with E-state index in [4.69, 9.17) is 4.74 Å². The van der Waals surface area contributed by atoms with Crippen molar-refractivity contribution in [2.75, 3.05) is 13.2 Å². The van der Waals surface area contributed by atoms with Crippen LogP contribution < -0.4 is 10.1 Å². The van der Waals surface area contributed by atoms with E-state index in [1.165, 1.54) is 32.1 Å². The monoisotopic (exact) mass is 248 g/mol. The largest absolute Gasteiger partial charge is 0.492 e. The number of pyridine rings is 1. The summed E-state index contributed by atoms with van der Waals surface area (Å²) in [7, 11) is 0. The first-order valence-electron chi connectivity index (χ1n) is 7.17. The van der Waals surface area contributed by atoms with Crippen LogP contribution >= 0.6 is 0 Å². The lowest BCUT2D eigenvalue weighted by Gasteiger charge is -2.21. The zero-order valence-corrected chi connectivity index (χ0v) is 11.3. The normalized spacial score (nSPS) is 16.7. The highest BCUT2D eigenvalue weighted by molar-refractivity contribution is 5.19. The molecule has 0 unspecified atom stereocenters. The minimum Gasteiger partial charge on any atom is -0.492 e. The van der Waals surface area contributed by atoms with Gasteiger partial charge < -0.3 is 10.1 Å². The van der Waals surface area contributed by atoms with E-state index >= 15 is 0 Å². The topological polar surface area (TPSA) is 34.1 Å². The Labute approximate surface area is 110 Å². The fourth-order valence-corrected chi connectivity index (χ4v) is 2.42. The first-order chi connectivity index (χ1) is 8.88. The molecule has 1 saturated carbocycles. The molecular weight excluding hydrogens is 224 g/mol. The van der Waals surface area contributed by atoms with E-state index in [-0.39, 0.29) is 0 Å². The molecule has 18 heavy (non-hydrogen) atoms. The molecule has 0 atom stereocenters. The predicted molar refractivity (Wildman–Crippen MR) is 73.7 cm³/mol. The van der Waals surface area contributed by atoms with Crippen molar-refractivity contribution in [3.63, 3.8) is 0 Å². The first kappa shape index (κ1) is 13.3. The lowest BCUT2D eigenvalue weighted by molar-refractivity contribution is 0.208. The number of aromatic nitrogens is 1. The molecule has 2 rings (SSSR count). The SMILES string of the molecule is CCNCc1ccc(OCC2CCCCC2)cn1. The Bertz CT molecular complexity index is 331. The van der Waals surface area contributed by atoms with Crippen LogP contribution in [0.5, 0.6) is 5.75 Å². The number of hydrogen-bond donors (Lipinski definition) is 1. The van der Waals surface area contributed by atoms with Crippen LogP contribution in [0.1, 0.15) is 44.7 Å². The summed E-state index contributed by atoms with van der Waals surface area (Å²) < 4.78 is 5.82. The maximum absolute atomic E-state index is 5.82. The number of ether oxygens (including phenoxy) is 1. The summed E-state index contributed by atoms with van der Waals surface area (Å²) in [4.78, 5) is 4.39. The van der Waals surface area contributed by atoms with Crippen molar-refractivity contribution in [2.24, 2.45) is 5.92 Å². The smallest absolute Gasteiger partial charge is 0.137 e. The second-order valence-corrected chi connectivity index (χ2v) is 5.08. The van der Waals surface area contributed by atoms with E-state index in [2.05, 4.69) is 17.2 Å². The fraction of sp³-hybridized carbons (Fsp3) is 0.667. The summed E-state index contributed by atoms with van der Waals surface area (Å²) in [6.07, 6.45) is 8.63. The maximum Gasteiger partial charge on any atom is 0.137 e. The second kappa shape index (κ2) is 7.37. The van der Waals surface area contributed by atoms with Crippen molar-refractivity contribution in [3.05, 3.63) is 24.0 Å². The van der Waals surface area contributed by atoms with Crippen molar-refractivity contribution < 1.29 is 4.74 Å². The van der Waals surface area contributed by atoms with E-state index in [1.807, 2.05) is 18.3 Å². The van der Waals surface area contributed by atoms with Crippen LogP contribution in [0.4, 0.5) is 0 Å². The fourth-order valence-electron chi connectivity index (χ4n) is 2.42. The first-order valence-corrected chi connectivity index (χ1v) is 7.17. The van der Waals surface area contributed by atoms with Crippen LogP contribution in [0.25, 0.3) is 0 Å². The van der Waals surface area contributed by atoms with Gasteiger partial charge in [-0.15, -0.1) is 0 Å². The Morgan fingerprint density at radius 2 is 2.11 bits per heavy atom. The van der Waals surface area contributed by atoms with Crippen molar-refractivity contribution in [3.8, 4) is 5.75 Å². The highest BCUT2D eigenvalue weighted by Crippen LogP contribution is 2.24. The van der Waals surface area contributed by atoms with Crippen LogP contribution in [0.15, 0.2) is 18.3 Å². The Morgan fingerprint density at radius 1 is 1.28 bits per heavy atom. The molecular formula is C15H24N2O. The van der Waals surface area contributed by atoms with Gasteiger partial charge in [0.15, 0.2) is 0 Å². The average molecular weight is 248 g/mol. The molecule has 1 fully saturated rings. The zero-order chi connectivity index (χ0) is 12.6. The van der Waals surface area contributed by atoms with Crippen molar-refractivity contribution in [1.82, 2.24) is 10.3 Å². The lowest BCUT2D eigenvalue weighted by Crippen LogP contribution is -2.15. The third kappa shape index (κ3) is 4.30. The maximum atomic E-state index is 5.82. The van der Waals surface area contributed by atoms with Crippen molar-refractivity contribution >= 4 is 0 Å². The summed E-state index contributed by atoms with van der Waals surface area (Å²) >= 11 is 0. The molecule has 100 valence electrons. The van der Waals surface area contributed by atoms with Crippen molar-refractivity contribution in [1.29, 1.82) is 0 Å². The van der Waals surface area contributed by atoms with Crippen LogP contribution in [0.2, 0.25) is 0 Å². The molecule has 0 aliphatic heterocycles. The van der Waals surface area contributed by atoms with Crippen LogP contribution in [-0.4, -0.2) is 18.1 Å². The summed E-state index contributed by atoms with van der Waals surface area (Å²) in [5, 5.41) is 3.26. The molecule has 1 aliphatic carbocycles. The third-order valence-electron chi connectivity index (χ3n) is 3.56. The van der Waals surface area contributed by atoms with Crippen LogP contribution in [-0.2, 0) is 6.54 Å². The molecule has 0 spiro atoms. The molecule has 1 aliphatic rings. The number of nitrogens with one attached hydrogen (secondary N) is 1. The van der Waals surface area contributed by atoms with E-state index in [1.54, 1.807) is 0 Å². The second-order valence-electron chi connectivity index (χ2n) is 5.08. The molecule has 1 N–H and O–H groups in total. The lowest BCUT2D eigenvalue weighted by atomic mass is 9.90. The Kier molecular flexibility index (Phi) is 5.46.